The Bertz CT molecular complexity index is 709. The van der Waals surface area contributed by atoms with Gasteiger partial charge in [0.1, 0.15) is 12.0 Å². The van der Waals surface area contributed by atoms with Crippen LogP contribution in [0, 0.1) is 5.92 Å². The standard InChI is InChI=1S/C13H15N7OS/c1-2-10(9-20-6-4-14-18-20)8-19(5-1)13-16-15-12(22-13)11-3-7-21-17-11/h3-4,6-7,10H,1-2,5,8-9H2. The predicted molar refractivity (Wildman–Crippen MR) is 80.4 cm³/mol. The molecule has 8 nitrogen and oxygen atoms in total. The van der Waals surface area contributed by atoms with Gasteiger partial charge in [-0.25, -0.2) is 0 Å². The number of nitrogens with zero attached hydrogens (tertiary/aromatic N) is 7. The first-order valence-corrected chi connectivity index (χ1v) is 8.03. The molecule has 1 unspecified atom stereocenters. The molecule has 0 aliphatic carbocycles. The zero-order chi connectivity index (χ0) is 14.8. The van der Waals surface area contributed by atoms with E-state index in [4.69, 9.17) is 4.52 Å². The second-order valence-corrected chi connectivity index (χ2v) is 6.31. The highest BCUT2D eigenvalue weighted by Gasteiger charge is 2.23. The van der Waals surface area contributed by atoms with Crippen molar-refractivity contribution in [1.82, 2.24) is 30.3 Å². The van der Waals surface area contributed by atoms with Crippen molar-refractivity contribution in [1.29, 1.82) is 0 Å². The molecule has 0 spiro atoms. The molecule has 114 valence electrons. The number of hydrogen-bond acceptors (Lipinski definition) is 8. The van der Waals surface area contributed by atoms with Crippen molar-refractivity contribution in [2.24, 2.45) is 5.92 Å². The molecule has 3 aromatic rings. The predicted octanol–water partition coefficient (Wildman–Crippen LogP) is 1.70. The molecular weight excluding hydrogens is 302 g/mol. The molecule has 1 aliphatic heterocycles. The molecule has 0 amide bonds. The smallest absolute Gasteiger partial charge is 0.208 e. The van der Waals surface area contributed by atoms with Gasteiger partial charge in [-0.1, -0.05) is 21.7 Å². The summed E-state index contributed by atoms with van der Waals surface area (Å²) in [5.41, 5.74) is 0.736. The van der Waals surface area contributed by atoms with Crippen molar-refractivity contribution in [2.75, 3.05) is 18.0 Å². The third-order valence-corrected chi connectivity index (χ3v) is 4.78. The summed E-state index contributed by atoms with van der Waals surface area (Å²) in [6.45, 7) is 2.88. The number of hydrogen-bond donors (Lipinski definition) is 0. The fourth-order valence-corrected chi connectivity index (χ4v) is 3.59. The Hall–Kier alpha value is -2.29. The first-order chi connectivity index (χ1) is 10.9. The highest BCUT2D eigenvalue weighted by Crippen LogP contribution is 2.30. The van der Waals surface area contributed by atoms with E-state index < -0.39 is 0 Å². The lowest BCUT2D eigenvalue weighted by Gasteiger charge is -2.31. The van der Waals surface area contributed by atoms with E-state index in [9.17, 15) is 0 Å². The van der Waals surface area contributed by atoms with Crippen molar-refractivity contribution in [3.63, 3.8) is 0 Å². The molecule has 0 saturated carbocycles. The molecule has 0 aromatic carbocycles. The second kappa shape index (κ2) is 5.84. The monoisotopic (exact) mass is 317 g/mol. The molecule has 4 rings (SSSR count). The molecule has 1 saturated heterocycles. The Morgan fingerprint density at radius 3 is 3.18 bits per heavy atom. The van der Waals surface area contributed by atoms with Crippen LogP contribution in [-0.2, 0) is 6.54 Å². The first kappa shape index (κ1) is 13.4. The minimum Gasteiger partial charge on any atom is -0.364 e. The van der Waals surface area contributed by atoms with Crippen molar-refractivity contribution in [3.05, 3.63) is 24.7 Å². The van der Waals surface area contributed by atoms with Gasteiger partial charge >= 0.3 is 0 Å². The van der Waals surface area contributed by atoms with E-state index >= 15 is 0 Å². The van der Waals surface area contributed by atoms with Gasteiger partial charge in [-0.2, -0.15) is 0 Å². The van der Waals surface area contributed by atoms with Crippen LogP contribution in [0.2, 0.25) is 0 Å². The normalized spacial score (nSPS) is 18.7. The highest BCUT2D eigenvalue weighted by atomic mass is 32.1. The summed E-state index contributed by atoms with van der Waals surface area (Å²) >= 11 is 1.55. The number of piperidine rings is 1. The van der Waals surface area contributed by atoms with Gasteiger partial charge in [0, 0.05) is 31.9 Å². The van der Waals surface area contributed by atoms with Gasteiger partial charge in [-0.05, 0) is 18.8 Å². The van der Waals surface area contributed by atoms with Gasteiger partial charge in [-0.15, -0.1) is 15.3 Å². The molecule has 1 atom stereocenters. The lowest BCUT2D eigenvalue weighted by Crippen LogP contribution is -2.37. The third-order valence-electron chi connectivity index (χ3n) is 3.78. The Balaban J connectivity index is 1.46. The largest absolute Gasteiger partial charge is 0.364 e. The second-order valence-electron chi connectivity index (χ2n) is 5.35. The minimum atomic E-state index is 0.551. The fraction of sp³-hybridized carbons (Fsp3) is 0.462. The fourth-order valence-electron chi connectivity index (χ4n) is 2.75. The van der Waals surface area contributed by atoms with E-state index in [1.165, 1.54) is 6.42 Å². The summed E-state index contributed by atoms with van der Waals surface area (Å²) in [7, 11) is 0. The van der Waals surface area contributed by atoms with Crippen molar-refractivity contribution >= 4 is 16.5 Å². The zero-order valence-electron chi connectivity index (χ0n) is 11.9. The van der Waals surface area contributed by atoms with E-state index in [1.807, 2.05) is 10.9 Å². The minimum absolute atomic E-state index is 0.551. The van der Waals surface area contributed by atoms with Crippen LogP contribution in [0.5, 0.6) is 0 Å². The summed E-state index contributed by atoms with van der Waals surface area (Å²) in [5, 5.41) is 22.1. The van der Waals surface area contributed by atoms with Crippen LogP contribution in [0.15, 0.2) is 29.2 Å². The Morgan fingerprint density at radius 2 is 2.36 bits per heavy atom. The summed E-state index contributed by atoms with van der Waals surface area (Å²) in [6.07, 6.45) is 7.52. The molecular formula is C13H15N7OS. The average Bonchev–Trinajstić information content (AvgIpc) is 3.29. The molecule has 4 heterocycles. The van der Waals surface area contributed by atoms with Crippen LogP contribution >= 0.6 is 11.3 Å². The van der Waals surface area contributed by atoms with Gasteiger partial charge in [0.25, 0.3) is 0 Å². The topological polar surface area (TPSA) is 85.8 Å². The quantitative estimate of drug-likeness (QED) is 0.724. The van der Waals surface area contributed by atoms with Gasteiger partial charge in [-0.3, -0.25) is 4.68 Å². The average molecular weight is 317 g/mol. The summed E-state index contributed by atoms with van der Waals surface area (Å²) in [6, 6.07) is 1.80. The molecule has 1 aliphatic rings. The van der Waals surface area contributed by atoms with Crippen LogP contribution in [0.25, 0.3) is 10.7 Å². The van der Waals surface area contributed by atoms with Crippen LogP contribution in [-0.4, -0.2) is 43.4 Å². The summed E-state index contributed by atoms with van der Waals surface area (Å²) < 4.78 is 6.76. The van der Waals surface area contributed by atoms with Crippen molar-refractivity contribution in [3.8, 4) is 10.7 Å². The van der Waals surface area contributed by atoms with Crippen LogP contribution in [0.3, 0.4) is 0 Å². The third kappa shape index (κ3) is 2.71. The highest BCUT2D eigenvalue weighted by molar-refractivity contribution is 7.18. The van der Waals surface area contributed by atoms with E-state index in [0.29, 0.717) is 5.92 Å². The van der Waals surface area contributed by atoms with E-state index in [2.05, 4.69) is 30.6 Å². The van der Waals surface area contributed by atoms with E-state index in [0.717, 1.165) is 41.9 Å². The summed E-state index contributed by atoms with van der Waals surface area (Å²) in [4.78, 5) is 2.30. The summed E-state index contributed by atoms with van der Waals surface area (Å²) in [5.74, 6) is 0.551. The maximum absolute atomic E-state index is 4.86. The van der Waals surface area contributed by atoms with Crippen LogP contribution < -0.4 is 4.90 Å². The van der Waals surface area contributed by atoms with Crippen molar-refractivity contribution < 1.29 is 4.52 Å². The number of aromatic nitrogens is 6. The molecule has 22 heavy (non-hydrogen) atoms. The Morgan fingerprint density at radius 1 is 1.36 bits per heavy atom. The SMILES string of the molecule is c1cn(CC2CCCN(c3nnc(-c4ccon4)s3)C2)nn1. The Kier molecular flexibility index (Phi) is 3.55. The van der Waals surface area contributed by atoms with E-state index in [1.54, 1.807) is 29.9 Å². The van der Waals surface area contributed by atoms with E-state index in [-0.39, 0.29) is 0 Å². The van der Waals surface area contributed by atoms with Gasteiger partial charge < -0.3 is 9.42 Å². The lowest BCUT2D eigenvalue weighted by molar-refractivity contribution is 0.348. The molecule has 9 heteroatoms. The molecule has 0 N–H and O–H groups in total. The van der Waals surface area contributed by atoms with Gasteiger partial charge in [0.2, 0.25) is 5.13 Å². The van der Waals surface area contributed by atoms with Crippen molar-refractivity contribution in [2.45, 2.75) is 19.4 Å². The first-order valence-electron chi connectivity index (χ1n) is 7.22. The molecule has 1 fully saturated rings. The van der Waals surface area contributed by atoms with Gasteiger partial charge in [0.15, 0.2) is 5.01 Å². The maximum Gasteiger partial charge on any atom is 0.208 e. The maximum atomic E-state index is 4.86. The van der Waals surface area contributed by atoms with Crippen LogP contribution in [0.4, 0.5) is 5.13 Å². The molecule has 3 aromatic heterocycles. The van der Waals surface area contributed by atoms with Crippen LogP contribution in [0.1, 0.15) is 12.8 Å². The molecule has 0 bridgehead atoms. The zero-order valence-corrected chi connectivity index (χ0v) is 12.7. The molecule has 0 radical (unpaired) electrons. The van der Waals surface area contributed by atoms with Gasteiger partial charge in [0.05, 0.1) is 6.20 Å². The number of anilines is 1. The number of rotatable bonds is 4. The lowest BCUT2D eigenvalue weighted by atomic mass is 9.98. The Labute approximate surface area is 130 Å².